The van der Waals surface area contributed by atoms with Gasteiger partial charge in [0.05, 0.1) is 5.02 Å². The smallest absolute Gasteiger partial charge is 0.166 e. The summed E-state index contributed by atoms with van der Waals surface area (Å²) < 4.78 is 19.4. The number of fused-ring (bicyclic) bond motifs is 1. The summed E-state index contributed by atoms with van der Waals surface area (Å²) in [6, 6.07) is 10.9. The van der Waals surface area contributed by atoms with Crippen molar-refractivity contribution in [1.82, 2.24) is 4.98 Å². The number of aldehydes is 1. The molecule has 0 aliphatic rings. The zero-order valence-corrected chi connectivity index (χ0v) is 11.5. The van der Waals surface area contributed by atoms with E-state index in [4.69, 9.17) is 16.3 Å². The number of pyridine rings is 1. The van der Waals surface area contributed by atoms with Gasteiger partial charge in [-0.2, -0.15) is 0 Å². The van der Waals surface area contributed by atoms with Gasteiger partial charge in [-0.3, -0.25) is 9.78 Å². The molecule has 0 atom stereocenters. The van der Waals surface area contributed by atoms with E-state index < -0.39 is 5.82 Å². The quantitative estimate of drug-likeness (QED) is 0.662. The van der Waals surface area contributed by atoms with Crippen molar-refractivity contribution in [2.75, 3.05) is 0 Å². The fourth-order valence-electron chi connectivity index (χ4n) is 1.99. The third kappa shape index (κ3) is 2.58. The number of carbonyl (C=O) groups is 1. The van der Waals surface area contributed by atoms with Crippen LogP contribution in [0.25, 0.3) is 10.9 Å². The van der Waals surface area contributed by atoms with Crippen molar-refractivity contribution >= 4 is 28.8 Å². The van der Waals surface area contributed by atoms with Crippen LogP contribution in [0.2, 0.25) is 5.02 Å². The Bertz CT molecular complexity index is 836. The molecule has 1 heterocycles. The standard InChI is InChI=1S/C16H9ClFNO2/c17-12-4-6-15(16-11(12)2-1-7-19-16)21-14-5-3-10(9-20)8-13(14)18/h1-9H. The summed E-state index contributed by atoms with van der Waals surface area (Å²) in [6.07, 6.45) is 2.18. The highest BCUT2D eigenvalue weighted by atomic mass is 35.5. The van der Waals surface area contributed by atoms with Crippen molar-refractivity contribution in [3.63, 3.8) is 0 Å². The Morgan fingerprint density at radius 3 is 2.71 bits per heavy atom. The van der Waals surface area contributed by atoms with Gasteiger partial charge in [0, 0.05) is 17.1 Å². The maximum Gasteiger partial charge on any atom is 0.166 e. The van der Waals surface area contributed by atoms with E-state index in [-0.39, 0.29) is 11.3 Å². The molecule has 0 N–H and O–H groups in total. The topological polar surface area (TPSA) is 39.2 Å². The van der Waals surface area contributed by atoms with E-state index in [9.17, 15) is 9.18 Å². The molecule has 0 saturated heterocycles. The monoisotopic (exact) mass is 301 g/mol. The van der Waals surface area contributed by atoms with Crippen LogP contribution in [-0.2, 0) is 0 Å². The van der Waals surface area contributed by atoms with E-state index in [0.29, 0.717) is 22.6 Å². The Labute approximate surface area is 124 Å². The highest BCUT2D eigenvalue weighted by Gasteiger charge is 2.11. The number of aromatic nitrogens is 1. The van der Waals surface area contributed by atoms with Crippen molar-refractivity contribution in [3.8, 4) is 11.5 Å². The number of nitrogens with zero attached hydrogens (tertiary/aromatic N) is 1. The number of hydrogen-bond donors (Lipinski definition) is 0. The summed E-state index contributed by atoms with van der Waals surface area (Å²) in [4.78, 5) is 14.8. The van der Waals surface area contributed by atoms with Crippen molar-refractivity contribution < 1.29 is 13.9 Å². The van der Waals surface area contributed by atoms with Gasteiger partial charge in [0.15, 0.2) is 17.3 Å². The average molecular weight is 302 g/mol. The molecule has 0 radical (unpaired) electrons. The first-order valence-electron chi connectivity index (χ1n) is 6.15. The molecule has 5 heteroatoms. The van der Waals surface area contributed by atoms with Crippen LogP contribution in [0.1, 0.15) is 10.4 Å². The molecule has 0 unspecified atom stereocenters. The molecule has 0 saturated carbocycles. The molecular formula is C16H9ClFNO2. The van der Waals surface area contributed by atoms with E-state index in [1.54, 1.807) is 24.4 Å². The molecule has 0 aliphatic heterocycles. The zero-order valence-electron chi connectivity index (χ0n) is 10.7. The van der Waals surface area contributed by atoms with Crippen LogP contribution in [-0.4, -0.2) is 11.3 Å². The highest BCUT2D eigenvalue weighted by Crippen LogP contribution is 2.33. The molecule has 0 bridgehead atoms. The molecule has 3 aromatic rings. The Kier molecular flexibility index (Phi) is 3.54. The molecule has 0 amide bonds. The van der Waals surface area contributed by atoms with Gasteiger partial charge in [0.1, 0.15) is 11.8 Å². The Balaban J connectivity index is 2.06. The van der Waals surface area contributed by atoms with E-state index in [0.717, 1.165) is 11.5 Å². The summed E-state index contributed by atoms with van der Waals surface area (Å²) in [5.41, 5.74) is 0.794. The largest absolute Gasteiger partial charge is 0.452 e. The van der Waals surface area contributed by atoms with E-state index in [1.807, 2.05) is 6.07 Å². The molecule has 3 rings (SSSR count). The summed E-state index contributed by atoms with van der Waals surface area (Å²) >= 11 is 6.09. The van der Waals surface area contributed by atoms with E-state index in [1.165, 1.54) is 12.1 Å². The molecule has 0 spiro atoms. The van der Waals surface area contributed by atoms with Crippen LogP contribution in [0, 0.1) is 5.82 Å². The van der Waals surface area contributed by atoms with Crippen molar-refractivity contribution in [3.05, 3.63) is 65.1 Å². The van der Waals surface area contributed by atoms with E-state index >= 15 is 0 Å². The lowest BCUT2D eigenvalue weighted by atomic mass is 10.2. The minimum absolute atomic E-state index is 0.0230. The molecule has 21 heavy (non-hydrogen) atoms. The minimum Gasteiger partial charge on any atom is -0.452 e. The predicted molar refractivity (Wildman–Crippen MR) is 78.6 cm³/mol. The van der Waals surface area contributed by atoms with Crippen LogP contribution < -0.4 is 4.74 Å². The van der Waals surface area contributed by atoms with Crippen LogP contribution in [0.3, 0.4) is 0 Å². The first-order valence-corrected chi connectivity index (χ1v) is 6.52. The van der Waals surface area contributed by atoms with Gasteiger partial charge in [0.25, 0.3) is 0 Å². The van der Waals surface area contributed by atoms with Gasteiger partial charge < -0.3 is 4.74 Å². The maximum absolute atomic E-state index is 13.9. The molecule has 0 aliphatic carbocycles. The van der Waals surface area contributed by atoms with Crippen molar-refractivity contribution in [2.45, 2.75) is 0 Å². The van der Waals surface area contributed by atoms with E-state index in [2.05, 4.69) is 4.98 Å². The summed E-state index contributed by atoms with van der Waals surface area (Å²) in [5, 5.41) is 1.27. The summed E-state index contributed by atoms with van der Waals surface area (Å²) in [7, 11) is 0. The molecule has 2 aromatic carbocycles. The van der Waals surface area contributed by atoms with Gasteiger partial charge in [-0.05, 0) is 42.5 Å². The minimum atomic E-state index is -0.612. The summed E-state index contributed by atoms with van der Waals surface area (Å²) in [5.74, 6) is -0.193. The average Bonchev–Trinajstić information content (AvgIpc) is 2.52. The number of carbonyl (C=O) groups excluding carboxylic acids is 1. The van der Waals surface area contributed by atoms with Crippen LogP contribution in [0.5, 0.6) is 11.5 Å². The normalized spacial score (nSPS) is 10.6. The highest BCUT2D eigenvalue weighted by molar-refractivity contribution is 6.35. The van der Waals surface area contributed by atoms with Gasteiger partial charge in [-0.15, -0.1) is 0 Å². The fourth-order valence-corrected chi connectivity index (χ4v) is 2.20. The van der Waals surface area contributed by atoms with Gasteiger partial charge in [-0.1, -0.05) is 11.6 Å². The number of hydrogen-bond acceptors (Lipinski definition) is 3. The number of ether oxygens (including phenoxy) is 1. The SMILES string of the molecule is O=Cc1ccc(Oc2ccc(Cl)c3cccnc23)c(F)c1. The van der Waals surface area contributed by atoms with Crippen molar-refractivity contribution in [2.24, 2.45) is 0 Å². The molecule has 0 fully saturated rings. The molecule has 104 valence electrons. The number of halogens is 2. The predicted octanol–water partition coefficient (Wildman–Crippen LogP) is 4.63. The van der Waals surface area contributed by atoms with Gasteiger partial charge >= 0.3 is 0 Å². The fraction of sp³-hybridized carbons (Fsp3) is 0. The summed E-state index contributed by atoms with van der Waals surface area (Å²) in [6.45, 7) is 0. The molecular weight excluding hydrogens is 293 g/mol. The van der Waals surface area contributed by atoms with Crippen LogP contribution in [0.4, 0.5) is 4.39 Å². The Hall–Kier alpha value is -2.46. The Morgan fingerprint density at radius 1 is 1.14 bits per heavy atom. The molecule has 3 nitrogen and oxygen atoms in total. The second-order valence-electron chi connectivity index (χ2n) is 4.35. The van der Waals surface area contributed by atoms with Gasteiger partial charge in [0.2, 0.25) is 0 Å². The lowest BCUT2D eigenvalue weighted by Gasteiger charge is -2.10. The zero-order chi connectivity index (χ0) is 14.8. The third-order valence-corrected chi connectivity index (χ3v) is 3.32. The van der Waals surface area contributed by atoms with Crippen LogP contribution >= 0.6 is 11.6 Å². The first-order chi connectivity index (χ1) is 10.2. The lowest BCUT2D eigenvalue weighted by molar-refractivity contribution is 0.112. The van der Waals surface area contributed by atoms with Gasteiger partial charge in [-0.25, -0.2) is 4.39 Å². The molecule has 1 aromatic heterocycles. The maximum atomic E-state index is 13.9. The number of rotatable bonds is 3. The first kappa shape index (κ1) is 13.5. The van der Waals surface area contributed by atoms with Crippen molar-refractivity contribution in [1.29, 1.82) is 0 Å². The second-order valence-corrected chi connectivity index (χ2v) is 4.76. The number of benzene rings is 2. The lowest BCUT2D eigenvalue weighted by Crippen LogP contribution is -1.92. The Morgan fingerprint density at radius 2 is 1.95 bits per heavy atom. The van der Waals surface area contributed by atoms with Crippen LogP contribution in [0.15, 0.2) is 48.7 Å². The third-order valence-electron chi connectivity index (χ3n) is 2.99. The second kappa shape index (κ2) is 5.50.